The molecule has 0 amide bonds. The van der Waals surface area contributed by atoms with Crippen molar-refractivity contribution in [3.63, 3.8) is 0 Å². The smallest absolute Gasteiger partial charge is 0.255 e. The van der Waals surface area contributed by atoms with E-state index in [9.17, 15) is 9.90 Å². The molecule has 0 unspecified atom stereocenters. The average Bonchev–Trinajstić information content (AvgIpc) is 2.17. The molecular weight excluding hydrogens is 190 g/mol. The number of aromatic hydroxyl groups is 1. The Morgan fingerprint density at radius 3 is 2.80 bits per heavy atom. The minimum atomic E-state index is -0.201. The molecule has 78 valence electrons. The Balaban J connectivity index is 2.91. The molecule has 3 heteroatoms. The lowest BCUT2D eigenvalue weighted by atomic mass is 10.1. The second-order valence-corrected chi connectivity index (χ2v) is 3.68. The van der Waals surface area contributed by atoms with Gasteiger partial charge in [0.05, 0.1) is 11.1 Å². The van der Waals surface area contributed by atoms with Crippen LogP contribution in [0, 0.1) is 6.92 Å². The molecule has 0 spiro atoms. The first-order valence-electron chi connectivity index (χ1n) is 4.98. The van der Waals surface area contributed by atoms with Crippen LogP contribution in [-0.4, -0.2) is 10.1 Å². The summed E-state index contributed by atoms with van der Waals surface area (Å²) >= 11 is 0. The van der Waals surface area contributed by atoms with Crippen molar-refractivity contribution in [2.45, 2.75) is 20.3 Å². The van der Waals surface area contributed by atoms with Crippen LogP contribution >= 0.6 is 0 Å². The molecule has 3 nitrogen and oxygen atoms in total. The molecule has 0 aliphatic heterocycles. The molecule has 0 atom stereocenters. The van der Waals surface area contributed by atoms with E-state index in [0.717, 1.165) is 5.56 Å². The zero-order valence-electron chi connectivity index (χ0n) is 8.79. The van der Waals surface area contributed by atoms with Gasteiger partial charge in [-0.15, -0.1) is 0 Å². The second kappa shape index (κ2) is 3.42. The first-order valence-corrected chi connectivity index (χ1v) is 4.98. The van der Waals surface area contributed by atoms with Crippen molar-refractivity contribution in [2.24, 2.45) is 0 Å². The van der Waals surface area contributed by atoms with E-state index < -0.39 is 0 Å². The van der Waals surface area contributed by atoms with Crippen LogP contribution in [0.25, 0.3) is 10.9 Å². The summed E-state index contributed by atoms with van der Waals surface area (Å²) in [6, 6.07) is 5.60. The summed E-state index contributed by atoms with van der Waals surface area (Å²) in [6.45, 7) is 3.80. The van der Waals surface area contributed by atoms with Gasteiger partial charge in [-0.2, -0.15) is 0 Å². The van der Waals surface area contributed by atoms with Crippen molar-refractivity contribution in [3.8, 4) is 5.75 Å². The lowest BCUT2D eigenvalue weighted by molar-refractivity contribution is 0.473. The van der Waals surface area contributed by atoms with Crippen LogP contribution in [0.4, 0.5) is 0 Å². The predicted molar refractivity (Wildman–Crippen MR) is 60.3 cm³/mol. The Morgan fingerprint density at radius 1 is 1.40 bits per heavy atom. The number of benzene rings is 1. The van der Waals surface area contributed by atoms with Gasteiger partial charge in [-0.25, -0.2) is 0 Å². The molecule has 15 heavy (non-hydrogen) atoms. The Morgan fingerprint density at radius 2 is 2.13 bits per heavy atom. The highest BCUT2D eigenvalue weighted by Gasteiger charge is 2.09. The Hall–Kier alpha value is -1.77. The first kappa shape index (κ1) is 9.77. The maximum absolute atomic E-state index is 11.6. The standard InChI is InChI=1S/C12H13NO2/c1-3-8-11(14)9-5-4-7(2)6-10(9)13-12(8)15/h4-6H,3H2,1-2H3,(H2,13,14,15). The van der Waals surface area contributed by atoms with Crippen molar-refractivity contribution in [3.05, 3.63) is 39.7 Å². The number of fused-ring (bicyclic) bond motifs is 1. The fourth-order valence-electron chi connectivity index (χ4n) is 1.76. The molecule has 2 aromatic rings. The van der Waals surface area contributed by atoms with Crippen LogP contribution in [0.1, 0.15) is 18.1 Å². The molecule has 0 aliphatic carbocycles. The summed E-state index contributed by atoms with van der Waals surface area (Å²) in [5.74, 6) is 0.108. The number of rotatable bonds is 1. The van der Waals surface area contributed by atoms with Crippen LogP contribution in [0.2, 0.25) is 0 Å². The van der Waals surface area contributed by atoms with Crippen molar-refractivity contribution in [2.75, 3.05) is 0 Å². The molecule has 1 aromatic carbocycles. The van der Waals surface area contributed by atoms with Crippen molar-refractivity contribution in [1.82, 2.24) is 4.98 Å². The van der Waals surface area contributed by atoms with Crippen molar-refractivity contribution in [1.29, 1.82) is 0 Å². The summed E-state index contributed by atoms with van der Waals surface area (Å²) in [7, 11) is 0. The number of hydrogen-bond acceptors (Lipinski definition) is 2. The highest BCUT2D eigenvalue weighted by Crippen LogP contribution is 2.25. The van der Waals surface area contributed by atoms with Gasteiger partial charge in [0.1, 0.15) is 5.75 Å². The summed E-state index contributed by atoms with van der Waals surface area (Å²) in [5, 5.41) is 10.6. The fourth-order valence-corrected chi connectivity index (χ4v) is 1.76. The van der Waals surface area contributed by atoms with Gasteiger partial charge in [0.15, 0.2) is 0 Å². The third kappa shape index (κ3) is 1.50. The zero-order valence-corrected chi connectivity index (χ0v) is 8.79. The van der Waals surface area contributed by atoms with Gasteiger partial charge in [0.25, 0.3) is 5.56 Å². The topological polar surface area (TPSA) is 53.1 Å². The van der Waals surface area contributed by atoms with E-state index in [-0.39, 0.29) is 11.3 Å². The average molecular weight is 203 g/mol. The van der Waals surface area contributed by atoms with Gasteiger partial charge < -0.3 is 10.1 Å². The first-order chi connectivity index (χ1) is 7.13. The Bertz CT molecular complexity index is 570. The molecule has 2 N–H and O–H groups in total. The lowest BCUT2D eigenvalue weighted by Gasteiger charge is -2.05. The number of aryl methyl sites for hydroxylation is 1. The van der Waals surface area contributed by atoms with E-state index in [4.69, 9.17) is 0 Å². The molecule has 0 radical (unpaired) electrons. The SMILES string of the molecule is CCc1c(O)c2ccc(C)cc2[nH]c1=O. The van der Waals surface area contributed by atoms with Crippen LogP contribution in [0.5, 0.6) is 5.75 Å². The monoisotopic (exact) mass is 203 g/mol. The van der Waals surface area contributed by atoms with E-state index >= 15 is 0 Å². The fraction of sp³-hybridized carbons (Fsp3) is 0.250. The number of pyridine rings is 1. The maximum Gasteiger partial charge on any atom is 0.255 e. The van der Waals surface area contributed by atoms with E-state index in [1.54, 1.807) is 0 Å². The number of H-pyrrole nitrogens is 1. The quantitative estimate of drug-likeness (QED) is 0.745. The molecule has 1 aromatic heterocycles. The van der Waals surface area contributed by atoms with Gasteiger partial charge >= 0.3 is 0 Å². The summed E-state index contributed by atoms with van der Waals surface area (Å²) in [6.07, 6.45) is 0.533. The van der Waals surface area contributed by atoms with E-state index in [2.05, 4.69) is 4.98 Å². The van der Waals surface area contributed by atoms with E-state index in [1.807, 2.05) is 32.0 Å². The van der Waals surface area contributed by atoms with E-state index in [0.29, 0.717) is 22.9 Å². The lowest BCUT2D eigenvalue weighted by Crippen LogP contribution is -2.11. The van der Waals surface area contributed by atoms with Gasteiger partial charge in [0, 0.05) is 5.39 Å². The molecule has 0 saturated carbocycles. The zero-order chi connectivity index (χ0) is 11.0. The Labute approximate surface area is 87.4 Å². The van der Waals surface area contributed by atoms with Crippen LogP contribution in [0.3, 0.4) is 0 Å². The van der Waals surface area contributed by atoms with Crippen LogP contribution in [-0.2, 0) is 6.42 Å². The summed E-state index contributed by atoms with van der Waals surface area (Å²) < 4.78 is 0. The predicted octanol–water partition coefficient (Wildman–Crippen LogP) is 2.10. The molecule has 2 rings (SSSR count). The van der Waals surface area contributed by atoms with E-state index in [1.165, 1.54) is 0 Å². The summed E-state index contributed by atoms with van der Waals surface area (Å²) in [5.41, 5.74) is 2.00. The molecular formula is C12H13NO2. The van der Waals surface area contributed by atoms with Crippen LogP contribution < -0.4 is 5.56 Å². The molecule has 1 heterocycles. The molecule has 0 aliphatic rings. The maximum atomic E-state index is 11.6. The van der Waals surface area contributed by atoms with Gasteiger partial charge in [-0.1, -0.05) is 13.0 Å². The number of hydrogen-bond donors (Lipinski definition) is 2. The van der Waals surface area contributed by atoms with Crippen molar-refractivity contribution < 1.29 is 5.11 Å². The van der Waals surface area contributed by atoms with Crippen molar-refractivity contribution >= 4 is 10.9 Å². The second-order valence-electron chi connectivity index (χ2n) is 3.68. The van der Waals surface area contributed by atoms with Gasteiger partial charge in [-0.3, -0.25) is 4.79 Å². The summed E-state index contributed by atoms with van der Waals surface area (Å²) in [4.78, 5) is 14.4. The molecule has 0 saturated heterocycles. The third-order valence-electron chi connectivity index (χ3n) is 2.59. The van der Waals surface area contributed by atoms with Gasteiger partial charge in [0.2, 0.25) is 0 Å². The van der Waals surface area contributed by atoms with Crippen LogP contribution in [0.15, 0.2) is 23.0 Å². The third-order valence-corrected chi connectivity index (χ3v) is 2.59. The molecule has 0 fully saturated rings. The highest BCUT2D eigenvalue weighted by atomic mass is 16.3. The number of nitrogens with one attached hydrogen (secondary N) is 1. The highest BCUT2D eigenvalue weighted by molar-refractivity contribution is 5.86. The normalized spacial score (nSPS) is 10.8. The Kier molecular flexibility index (Phi) is 2.23. The molecule has 0 bridgehead atoms. The minimum Gasteiger partial charge on any atom is -0.507 e. The minimum absolute atomic E-state index is 0.108. The van der Waals surface area contributed by atoms with Gasteiger partial charge in [-0.05, 0) is 31.0 Å². The number of aromatic amines is 1. The number of aromatic nitrogens is 1. The largest absolute Gasteiger partial charge is 0.507 e.